The zero-order valence-electron chi connectivity index (χ0n) is 27.0. The average molecular weight is 620 g/mol. The monoisotopic (exact) mass is 619 g/mol. The van der Waals surface area contributed by atoms with Gasteiger partial charge >= 0.3 is 0 Å². The number of hydrogen-bond acceptors (Lipinski definition) is 1. The number of fused-ring (bicyclic) bond motifs is 7. The highest BCUT2D eigenvalue weighted by molar-refractivity contribution is 6.29. The van der Waals surface area contributed by atoms with E-state index in [1.165, 1.54) is 105 Å². The van der Waals surface area contributed by atoms with Crippen LogP contribution in [0.1, 0.15) is 5.69 Å². The van der Waals surface area contributed by atoms with E-state index in [0.29, 0.717) is 0 Å². The summed E-state index contributed by atoms with van der Waals surface area (Å²) in [5.74, 6) is 0. The minimum absolute atomic E-state index is 1.05. The SMILES string of the molecule is Cc1cc2c3c(cccc3n1)-c1c(-c3ccc4c5c(cccc35)-c3c-4c(-c4ccccc4)c4ccccc4c3-c3ccccc3)cccc1-2. The van der Waals surface area contributed by atoms with Gasteiger partial charge in [-0.15, -0.1) is 0 Å². The third kappa shape index (κ3) is 3.57. The second-order valence-corrected chi connectivity index (χ2v) is 13.4. The highest BCUT2D eigenvalue weighted by Gasteiger charge is 2.32. The molecule has 0 saturated heterocycles. The fourth-order valence-corrected chi connectivity index (χ4v) is 8.98. The lowest BCUT2D eigenvalue weighted by atomic mass is 9.82. The Labute approximate surface area is 284 Å². The van der Waals surface area contributed by atoms with Crippen molar-refractivity contribution in [2.24, 2.45) is 0 Å². The average Bonchev–Trinajstić information content (AvgIpc) is 3.66. The first-order valence-electron chi connectivity index (χ1n) is 17.1. The predicted molar refractivity (Wildman–Crippen MR) is 207 cm³/mol. The Morgan fingerprint density at radius 3 is 1.49 bits per heavy atom. The zero-order chi connectivity index (χ0) is 32.2. The number of aromatic nitrogens is 1. The molecule has 0 radical (unpaired) electrons. The molecule has 0 fully saturated rings. The molecule has 226 valence electrons. The maximum atomic E-state index is 4.92. The summed E-state index contributed by atoms with van der Waals surface area (Å²) in [6.45, 7) is 2.10. The van der Waals surface area contributed by atoms with Crippen molar-refractivity contribution in [1.29, 1.82) is 0 Å². The van der Waals surface area contributed by atoms with Crippen LogP contribution >= 0.6 is 0 Å². The number of rotatable bonds is 3. The van der Waals surface area contributed by atoms with Crippen molar-refractivity contribution >= 4 is 32.4 Å². The molecule has 0 saturated carbocycles. The highest BCUT2D eigenvalue weighted by Crippen LogP contribution is 2.59. The molecule has 1 heterocycles. The van der Waals surface area contributed by atoms with Gasteiger partial charge in [0.25, 0.3) is 0 Å². The Hall–Kier alpha value is -6.31. The lowest BCUT2D eigenvalue weighted by Gasteiger charge is -2.20. The standard InChI is InChI=1S/C48H29N/c1-28-27-40-36-21-10-19-32(44(36)37-23-12-24-41(49-28)46(37)40)31-25-26-39-45-33(31)20-11-22-38(45)47-42(29-13-4-2-5-14-29)34-17-8-9-18-35(34)43(48(39)47)30-15-6-3-7-16-30/h2-27H,1H3. The largest absolute Gasteiger partial charge is 0.253 e. The van der Waals surface area contributed by atoms with Gasteiger partial charge in [-0.05, 0) is 118 Å². The highest BCUT2D eigenvalue weighted by atomic mass is 14.7. The van der Waals surface area contributed by atoms with Crippen LogP contribution in [-0.2, 0) is 0 Å². The van der Waals surface area contributed by atoms with E-state index in [0.717, 1.165) is 11.2 Å². The van der Waals surface area contributed by atoms with Gasteiger partial charge in [0, 0.05) is 11.1 Å². The smallest absolute Gasteiger partial charge is 0.0717 e. The summed E-state index contributed by atoms with van der Waals surface area (Å²) in [7, 11) is 0. The minimum Gasteiger partial charge on any atom is -0.253 e. The van der Waals surface area contributed by atoms with Gasteiger partial charge in [0.2, 0.25) is 0 Å². The third-order valence-corrected chi connectivity index (χ3v) is 10.8. The van der Waals surface area contributed by atoms with Crippen LogP contribution in [0.4, 0.5) is 0 Å². The zero-order valence-corrected chi connectivity index (χ0v) is 27.0. The summed E-state index contributed by atoms with van der Waals surface area (Å²) in [6.07, 6.45) is 0. The van der Waals surface area contributed by atoms with Crippen molar-refractivity contribution in [2.45, 2.75) is 6.92 Å². The minimum atomic E-state index is 1.05. The second-order valence-electron chi connectivity index (χ2n) is 13.4. The van der Waals surface area contributed by atoms with Crippen LogP contribution in [0.25, 0.3) is 110 Å². The molecule has 0 bridgehead atoms. The van der Waals surface area contributed by atoms with Gasteiger partial charge in [-0.1, -0.05) is 146 Å². The van der Waals surface area contributed by atoms with Gasteiger partial charge in [0.05, 0.1) is 5.52 Å². The Morgan fingerprint density at radius 1 is 0.327 bits per heavy atom. The summed E-state index contributed by atoms with van der Waals surface area (Å²) in [5.41, 5.74) is 20.2. The van der Waals surface area contributed by atoms with E-state index in [-0.39, 0.29) is 0 Å². The second kappa shape index (κ2) is 9.86. The summed E-state index contributed by atoms with van der Waals surface area (Å²) in [5, 5.41) is 6.46. The first-order valence-corrected chi connectivity index (χ1v) is 17.1. The Balaban J connectivity index is 1.26. The molecule has 0 unspecified atom stereocenters. The molecule has 1 aromatic heterocycles. The van der Waals surface area contributed by atoms with Crippen LogP contribution in [0.15, 0.2) is 158 Å². The number of aryl methyl sites for hydroxylation is 1. The molecular formula is C48H29N. The van der Waals surface area contributed by atoms with Crippen molar-refractivity contribution in [3.8, 4) is 77.9 Å². The van der Waals surface area contributed by atoms with E-state index in [1.54, 1.807) is 0 Å². The number of nitrogens with zero attached hydrogens (tertiary/aromatic N) is 1. The van der Waals surface area contributed by atoms with E-state index >= 15 is 0 Å². The number of benzene rings is 8. The lowest BCUT2D eigenvalue weighted by Crippen LogP contribution is -1.93. The van der Waals surface area contributed by atoms with E-state index in [4.69, 9.17) is 4.98 Å². The fraction of sp³-hybridized carbons (Fsp3) is 0.0208. The first-order chi connectivity index (χ1) is 24.3. The van der Waals surface area contributed by atoms with Crippen LogP contribution < -0.4 is 0 Å². The Morgan fingerprint density at radius 2 is 0.816 bits per heavy atom. The normalized spacial score (nSPS) is 12.2. The van der Waals surface area contributed by atoms with Crippen LogP contribution in [0.3, 0.4) is 0 Å². The van der Waals surface area contributed by atoms with Crippen molar-refractivity contribution in [2.75, 3.05) is 0 Å². The van der Waals surface area contributed by atoms with E-state index in [9.17, 15) is 0 Å². The van der Waals surface area contributed by atoms with Crippen molar-refractivity contribution in [3.63, 3.8) is 0 Å². The quantitative estimate of drug-likeness (QED) is 0.192. The van der Waals surface area contributed by atoms with Gasteiger partial charge in [-0.3, -0.25) is 4.98 Å². The molecule has 8 aromatic carbocycles. The molecule has 0 N–H and O–H groups in total. The van der Waals surface area contributed by atoms with Crippen molar-refractivity contribution < 1.29 is 0 Å². The van der Waals surface area contributed by atoms with Crippen molar-refractivity contribution in [1.82, 2.24) is 4.98 Å². The van der Waals surface area contributed by atoms with E-state index < -0.39 is 0 Å². The molecule has 49 heavy (non-hydrogen) atoms. The van der Waals surface area contributed by atoms with Gasteiger partial charge < -0.3 is 0 Å². The maximum absolute atomic E-state index is 4.92. The fourth-order valence-electron chi connectivity index (χ4n) is 8.98. The summed E-state index contributed by atoms with van der Waals surface area (Å²) in [6, 6.07) is 58.3. The molecule has 9 aromatic rings. The van der Waals surface area contributed by atoms with Crippen LogP contribution in [0.2, 0.25) is 0 Å². The third-order valence-electron chi connectivity index (χ3n) is 10.8. The summed E-state index contributed by atoms with van der Waals surface area (Å²) >= 11 is 0. The van der Waals surface area contributed by atoms with Crippen molar-refractivity contribution in [3.05, 3.63) is 163 Å². The summed E-state index contributed by atoms with van der Waals surface area (Å²) in [4.78, 5) is 4.92. The van der Waals surface area contributed by atoms with Gasteiger partial charge in [0.1, 0.15) is 0 Å². The Bertz CT molecular complexity index is 2770. The molecule has 2 aliphatic rings. The molecule has 0 amide bonds. The molecule has 0 spiro atoms. The first kappa shape index (κ1) is 26.7. The van der Waals surface area contributed by atoms with Gasteiger partial charge in [0.15, 0.2) is 0 Å². The van der Waals surface area contributed by atoms with E-state index in [1.807, 2.05) is 0 Å². The van der Waals surface area contributed by atoms with Gasteiger partial charge in [-0.2, -0.15) is 0 Å². The number of hydrogen-bond donors (Lipinski definition) is 0. The maximum Gasteiger partial charge on any atom is 0.0717 e. The number of pyridine rings is 1. The van der Waals surface area contributed by atoms with Crippen LogP contribution in [-0.4, -0.2) is 4.98 Å². The topological polar surface area (TPSA) is 12.9 Å². The van der Waals surface area contributed by atoms with Gasteiger partial charge in [-0.25, -0.2) is 0 Å². The lowest BCUT2D eigenvalue weighted by molar-refractivity contribution is 1.26. The molecule has 1 heteroatoms. The van der Waals surface area contributed by atoms with E-state index in [2.05, 4.69) is 165 Å². The molecular weight excluding hydrogens is 591 g/mol. The van der Waals surface area contributed by atoms with Crippen LogP contribution in [0, 0.1) is 6.92 Å². The molecule has 1 nitrogen and oxygen atoms in total. The molecule has 2 aliphatic carbocycles. The van der Waals surface area contributed by atoms with Crippen LogP contribution in [0.5, 0.6) is 0 Å². The molecule has 0 aliphatic heterocycles. The Kier molecular flexibility index (Phi) is 5.38. The molecule has 11 rings (SSSR count). The predicted octanol–water partition coefficient (Wildman–Crippen LogP) is 13.1. The molecule has 0 atom stereocenters. The summed E-state index contributed by atoms with van der Waals surface area (Å²) < 4.78 is 0.